The number of furan rings is 1. The lowest BCUT2D eigenvalue weighted by Crippen LogP contribution is -2.04. The first-order valence-corrected chi connectivity index (χ1v) is 20.6. The normalized spacial score (nSPS) is 11.9. The molecule has 294 valence electrons. The van der Waals surface area contributed by atoms with Gasteiger partial charge in [0.15, 0.2) is 5.84 Å². The van der Waals surface area contributed by atoms with Crippen LogP contribution in [0.2, 0.25) is 0 Å². The van der Waals surface area contributed by atoms with Crippen LogP contribution in [0.15, 0.2) is 234 Å². The Balaban J connectivity index is 1.09. The van der Waals surface area contributed by atoms with Crippen molar-refractivity contribution in [3.05, 3.63) is 236 Å². The van der Waals surface area contributed by atoms with Gasteiger partial charge in [0.25, 0.3) is 0 Å². The molecule has 10 aromatic rings. The molecule has 7 aromatic carbocycles. The molecule has 0 radical (unpaired) electrons. The van der Waals surface area contributed by atoms with Gasteiger partial charge in [-0.2, -0.15) is 0 Å². The minimum atomic E-state index is 0.603. The predicted octanol–water partition coefficient (Wildman–Crippen LogP) is 14.6. The third-order valence-electron chi connectivity index (χ3n) is 11.2. The van der Waals surface area contributed by atoms with E-state index >= 15 is 0 Å². The maximum absolute atomic E-state index is 6.86. The lowest BCUT2D eigenvalue weighted by atomic mass is 9.92. The number of benzene rings is 7. The largest absolute Gasteiger partial charge is 0.455 e. The summed E-state index contributed by atoms with van der Waals surface area (Å²) in [6, 6.07) is 68.6. The van der Waals surface area contributed by atoms with E-state index in [1.54, 1.807) is 0 Å². The fourth-order valence-corrected chi connectivity index (χ4v) is 7.97. The van der Waals surface area contributed by atoms with Crippen LogP contribution in [0.3, 0.4) is 0 Å². The molecule has 0 saturated carbocycles. The number of nitrogens with zero attached hydrogens (tertiary/aromatic N) is 4. The van der Waals surface area contributed by atoms with Gasteiger partial charge in [0.05, 0.1) is 17.1 Å². The fourth-order valence-electron chi connectivity index (χ4n) is 7.97. The van der Waals surface area contributed by atoms with Crippen molar-refractivity contribution in [2.45, 2.75) is 6.92 Å². The second-order valence-electron chi connectivity index (χ2n) is 15.2. The molecule has 0 fully saturated rings. The van der Waals surface area contributed by atoms with Crippen LogP contribution in [0.1, 0.15) is 23.6 Å². The number of hydrogen-bond donors (Lipinski definition) is 0. The molecule has 0 spiro atoms. The molecule has 0 aliphatic carbocycles. The van der Waals surface area contributed by atoms with Gasteiger partial charge in [-0.05, 0) is 88.8 Å². The van der Waals surface area contributed by atoms with Crippen LogP contribution >= 0.6 is 0 Å². The minimum Gasteiger partial charge on any atom is -0.455 e. The van der Waals surface area contributed by atoms with Gasteiger partial charge in [-0.15, -0.1) is 0 Å². The third-order valence-corrected chi connectivity index (χ3v) is 11.2. The monoisotopic (exact) mass is 796 g/mol. The fraction of sp³-hybridized carbons (Fsp3) is 0.0175. The van der Waals surface area contributed by atoms with E-state index in [0.29, 0.717) is 11.5 Å². The molecule has 0 saturated heterocycles. The summed E-state index contributed by atoms with van der Waals surface area (Å²) in [6.07, 6.45) is 3.65. The average Bonchev–Trinajstić information content (AvgIpc) is 3.74. The zero-order valence-electron chi connectivity index (χ0n) is 34.1. The highest BCUT2D eigenvalue weighted by Crippen LogP contribution is 2.43. The maximum Gasteiger partial charge on any atom is 0.160 e. The number of hydrogen-bond acceptors (Lipinski definition) is 4. The zero-order chi connectivity index (χ0) is 41.8. The van der Waals surface area contributed by atoms with E-state index in [0.717, 1.165) is 100 Å². The maximum atomic E-state index is 6.86. The van der Waals surface area contributed by atoms with E-state index < -0.39 is 0 Å². The first-order chi connectivity index (χ1) is 30.6. The number of amidine groups is 1. The van der Waals surface area contributed by atoms with Crippen molar-refractivity contribution in [1.29, 1.82) is 0 Å². The summed E-state index contributed by atoms with van der Waals surface area (Å²) in [5, 5.41) is 2.07. The van der Waals surface area contributed by atoms with Crippen molar-refractivity contribution >= 4 is 39.2 Å². The smallest absolute Gasteiger partial charge is 0.160 e. The summed E-state index contributed by atoms with van der Waals surface area (Å²) >= 11 is 0. The molecule has 10 rings (SSSR count). The second-order valence-corrected chi connectivity index (χ2v) is 15.2. The Bertz CT molecular complexity index is 3260. The number of aliphatic imine (C=N–C) groups is 2. The van der Waals surface area contributed by atoms with Crippen LogP contribution in [0.25, 0.3) is 83.5 Å². The van der Waals surface area contributed by atoms with Crippen LogP contribution in [0.4, 0.5) is 0 Å². The van der Waals surface area contributed by atoms with E-state index in [1.165, 1.54) is 0 Å². The molecule has 62 heavy (non-hydrogen) atoms. The van der Waals surface area contributed by atoms with Gasteiger partial charge in [-0.3, -0.25) is 9.97 Å². The van der Waals surface area contributed by atoms with Crippen molar-refractivity contribution in [3.8, 4) is 55.9 Å². The van der Waals surface area contributed by atoms with Gasteiger partial charge in [-0.25, -0.2) is 9.98 Å². The number of aromatic nitrogens is 2. The molecule has 0 bridgehead atoms. The summed E-state index contributed by atoms with van der Waals surface area (Å²) in [7, 11) is 0. The van der Waals surface area contributed by atoms with Crippen molar-refractivity contribution in [3.63, 3.8) is 0 Å². The quantitative estimate of drug-likeness (QED) is 0.108. The molecule has 3 heterocycles. The molecule has 3 aromatic heterocycles. The van der Waals surface area contributed by atoms with Crippen LogP contribution in [-0.2, 0) is 0 Å². The first kappa shape index (κ1) is 38.0. The van der Waals surface area contributed by atoms with Gasteiger partial charge >= 0.3 is 0 Å². The molecule has 0 atom stereocenters. The van der Waals surface area contributed by atoms with Crippen LogP contribution in [0.5, 0.6) is 0 Å². The van der Waals surface area contributed by atoms with Gasteiger partial charge in [-0.1, -0.05) is 158 Å². The van der Waals surface area contributed by atoms with Crippen molar-refractivity contribution in [2.75, 3.05) is 0 Å². The van der Waals surface area contributed by atoms with Gasteiger partial charge in [0.2, 0.25) is 0 Å². The Morgan fingerprint density at radius 3 is 1.68 bits per heavy atom. The summed E-state index contributed by atoms with van der Waals surface area (Å²) in [5.74, 6) is 0.603. The lowest BCUT2D eigenvalue weighted by molar-refractivity contribution is 0.670. The van der Waals surface area contributed by atoms with Crippen molar-refractivity contribution in [2.24, 2.45) is 9.98 Å². The standard InChI is InChI=1S/C57H40N4O/c1-38(40-15-5-3-6-16-40)60-57(45-17-7-4-8-18-45)61-39(2)46-19-13-20-47(35-46)49-21-14-24-54-55(49)51-37-48(41-25-29-43(30-26-41)52-22-9-11-33-58-52)36-50(56(51)62-54)42-27-31-44(32-28-42)53-23-10-12-34-59-53/h3-37H,2H2,1H3. The van der Waals surface area contributed by atoms with Crippen LogP contribution in [-0.4, -0.2) is 21.5 Å². The average molecular weight is 797 g/mol. The van der Waals surface area contributed by atoms with E-state index in [1.807, 2.05) is 104 Å². The summed E-state index contributed by atoms with van der Waals surface area (Å²) in [6.45, 7) is 6.48. The van der Waals surface area contributed by atoms with E-state index in [-0.39, 0.29) is 0 Å². The Morgan fingerprint density at radius 2 is 1.03 bits per heavy atom. The van der Waals surface area contributed by atoms with Crippen LogP contribution in [0, 0.1) is 0 Å². The van der Waals surface area contributed by atoms with E-state index in [9.17, 15) is 0 Å². The van der Waals surface area contributed by atoms with Crippen molar-refractivity contribution in [1.82, 2.24) is 9.97 Å². The van der Waals surface area contributed by atoms with Gasteiger partial charge in [0.1, 0.15) is 11.2 Å². The van der Waals surface area contributed by atoms with Crippen LogP contribution < -0.4 is 0 Å². The Kier molecular flexibility index (Phi) is 10.3. The highest BCUT2D eigenvalue weighted by molar-refractivity contribution is 6.17. The molecule has 5 nitrogen and oxygen atoms in total. The predicted molar refractivity (Wildman–Crippen MR) is 257 cm³/mol. The molecule has 0 aliphatic heterocycles. The Morgan fingerprint density at radius 1 is 0.452 bits per heavy atom. The highest BCUT2D eigenvalue weighted by Gasteiger charge is 2.19. The molecule has 0 unspecified atom stereocenters. The molecule has 0 aliphatic rings. The third kappa shape index (κ3) is 7.67. The molecule has 0 amide bonds. The zero-order valence-corrected chi connectivity index (χ0v) is 34.1. The molecule has 5 heteroatoms. The first-order valence-electron chi connectivity index (χ1n) is 20.6. The van der Waals surface area contributed by atoms with Gasteiger partial charge < -0.3 is 4.42 Å². The Labute approximate surface area is 360 Å². The van der Waals surface area contributed by atoms with Gasteiger partial charge in [0, 0.05) is 56.7 Å². The molecular weight excluding hydrogens is 757 g/mol. The van der Waals surface area contributed by atoms with E-state index in [4.69, 9.17) is 14.4 Å². The molecule has 0 N–H and O–H groups in total. The summed E-state index contributed by atoms with van der Waals surface area (Å²) in [5.41, 5.74) is 16.3. The number of rotatable bonds is 9. The summed E-state index contributed by atoms with van der Waals surface area (Å²) < 4.78 is 6.86. The minimum absolute atomic E-state index is 0.603. The second kappa shape index (κ2) is 16.8. The number of pyridine rings is 2. The van der Waals surface area contributed by atoms with E-state index in [2.05, 4.69) is 132 Å². The Hall–Kier alpha value is -8.28. The summed E-state index contributed by atoms with van der Waals surface area (Å²) in [4.78, 5) is 19.2. The number of fused-ring (bicyclic) bond motifs is 3. The molecular formula is C57H40N4O. The topological polar surface area (TPSA) is 63.6 Å². The SMILES string of the molecule is C=C(N=C(N=C(C)c1ccccc1)c1ccccc1)c1cccc(-c2cccc3oc4c(-c5ccc(-c6ccccn6)cc5)cc(-c5ccc(-c6ccccn6)cc5)cc4c23)c1. The highest BCUT2D eigenvalue weighted by atomic mass is 16.3. The lowest BCUT2D eigenvalue weighted by Gasteiger charge is -2.11. The van der Waals surface area contributed by atoms with Crippen molar-refractivity contribution < 1.29 is 4.42 Å².